The van der Waals surface area contributed by atoms with Crippen LogP contribution in [0.4, 0.5) is 0 Å². The molecule has 9 nitrogen and oxygen atoms in total. The van der Waals surface area contributed by atoms with Gasteiger partial charge in [-0.3, -0.25) is 14.4 Å². The average molecular weight is 463 g/mol. The summed E-state index contributed by atoms with van der Waals surface area (Å²) in [6.45, 7) is 4.15. The summed E-state index contributed by atoms with van der Waals surface area (Å²) in [4.78, 5) is 50.1. The Morgan fingerprint density at radius 1 is 1.12 bits per heavy atom. The first-order valence-corrected chi connectivity index (χ1v) is 11.6. The first-order chi connectivity index (χ1) is 16.4. The van der Waals surface area contributed by atoms with E-state index < -0.39 is 17.9 Å². The van der Waals surface area contributed by atoms with Crippen LogP contribution in [0.5, 0.6) is 0 Å². The van der Waals surface area contributed by atoms with Crippen LogP contribution in [-0.2, 0) is 16.1 Å². The fourth-order valence-electron chi connectivity index (χ4n) is 3.74. The van der Waals surface area contributed by atoms with E-state index in [1.54, 1.807) is 12.4 Å². The SMILES string of the molecule is CC(C)CC(NC(=O)c1c[nH]c2ncc(C3CC3)nc12)C(=O)NCC(=O)NCc1ccccc1. The number of fused-ring (bicyclic) bond motifs is 1. The van der Waals surface area contributed by atoms with Gasteiger partial charge in [0, 0.05) is 18.7 Å². The number of amides is 3. The molecule has 1 fully saturated rings. The molecule has 1 saturated carbocycles. The van der Waals surface area contributed by atoms with E-state index in [0.29, 0.717) is 35.6 Å². The van der Waals surface area contributed by atoms with Crippen molar-refractivity contribution >= 4 is 28.9 Å². The molecule has 178 valence electrons. The molecule has 9 heteroatoms. The molecule has 3 aromatic rings. The molecule has 1 atom stereocenters. The molecule has 2 aromatic heterocycles. The van der Waals surface area contributed by atoms with Crippen LogP contribution in [-0.4, -0.2) is 45.3 Å². The number of hydrogen-bond donors (Lipinski definition) is 4. The second kappa shape index (κ2) is 10.5. The average Bonchev–Trinajstić information content (AvgIpc) is 3.59. The molecule has 0 radical (unpaired) electrons. The summed E-state index contributed by atoms with van der Waals surface area (Å²) in [6, 6.07) is 8.75. The largest absolute Gasteiger partial charge is 0.350 e. The Labute approximate surface area is 198 Å². The maximum Gasteiger partial charge on any atom is 0.255 e. The third-order valence-corrected chi connectivity index (χ3v) is 5.72. The van der Waals surface area contributed by atoms with E-state index in [-0.39, 0.29) is 18.4 Å². The van der Waals surface area contributed by atoms with E-state index in [1.807, 2.05) is 44.2 Å². The molecule has 0 bridgehead atoms. The summed E-state index contributed by atoms with van der Waals surface area (Å²) in [5, 5.41) is 8.24. The Hall–Kier alpha value is -3.75. The maximum atomic E-state index is 13.1. The van der Waals surface area contributed by atoms with Gasteiger partial charge in [-0.25, -0.2) is 9.97 Å². The first kappa shape index (κ1) is 23.4. The monoisotopic (exact) mass is 462 g/mol. The summed E-state index contributed by atoms with van der Waals surface area (Å²) in [7, 11) is 0. The normalized spacial score (nSPS) is 14.1. The van der Waals surface area contributed by atoms with Crippen LogP contribution < -0.4 is 16.0 Å². The van der Waals surface area contributed by atoms with E-state index in [9.17, 15) is 14.4 Å². The fraction of sp³-hybridized carbons (Fsp3) is 0.400. The van der Waals surface area contributed by atoms with Gasteiger partial charge in [0.25, 0.3) is 5.91 Å². The predicted molar refractivity (Wildman–Crippen MR) is 128 cm³/mol. The third kappa shape index (κ3) is 5.98. The highest BCUT2D eigenvalue weighted by Crippen LogP contribution is 2.39. The summed E-state index contributed by atoms with van der Waals surface area (Å²) >= 11 is 0. The Bertz CT molecular complexity index is 1170. The van der Waals surface area contributed by atoms with Crippen LogP contribution in [0.1, 0.15) is 60.6 Å². The van der Waals surface area contributed by atoms with Gasteiger partial charge in [0.05, 0.1) is 24.0 Å². The van der Waals surface area contributed by atoms with Crippen molar-refractivity contribution in [2.24, 2.45) is 5.92 Å². The lowest BCUT2D eigenvalue weighted by atomic mass is 10.0. The van der Waals surface area contributed by atoms with Gasteiger partial charge in [-0.05, 0) is 30.7 Å². The number of benzene rings is 1. The number of rotatable bonds is 10. The second-order valence-electron chi connectivity index (χ2n) is 9.10. The second-order valence-corrected chi connectivity index (χ2v) is 9.10. The molecule has 4 rings (SSSR count). The van der Waals surface area contributed by atoms with Crippen LogP contribution in [0.3, 0.4) is 0 Å². The number of nitrogens with one attached hydrogen (secondary N) is 4. The van der Waals surface area contributed by atoms with Crippen molar-refractivity contribution in [3.63, 3.8) is 0 Å². The van der Waals surface area contributed by atoms with Gasteiger partial charge in [-0.2, -0.15) is 0 Å². The van der Waals surface area contributed by atoms with Crippen LogP contribution >= 0.6 is 0 Å². The third-order valence-electron chi connectivity index (χ3n) is 5.72. The van der Waals surface area contributed by atoms with E-state index in [0.717, 1.165) is 24.1 Å². The van der Waals surface area contributed by atoms with Crippen molar-refractivity contribution in [1.29, 1.82) is 0 Å². The van der Waals surface area contributed by atoms with Crippen LogP contribution in [0.2, 0.25) is 0 Å². The number of nitrogens with zero attached hydrogens (tertiary/aromatic N) is 2. The highest BCUT2D eigenvalue weighted by Gasteiger charge is 2.28. The number of hydrogen-bond acceptors (Lipinski definition) is 5. The summed E-state index contributed by atoms with van der Waals surface area (Å²) in [5.41, 5.74) is 3.26. The van der Waals surface area contributed by atoms with Crippen molar-refractivity contribution in [3.8, 4) is 0 Å². The summed E-state index contributed by atoms with van der Waals surface area (Å²) < 4.78 is 0. The van der Waals surface area contributed by atoms with Crippen molar-refractivity contribution in [1.82, 2.24) is 30.9 Å². The van der Waals surface area contributed by atoms with Gasteiger partial charge >= 0.3 is 0 Å². The number of H-pyrrole nitrogens is 1. The smallest absolute Gasteiger partial charge is 0.255 e. The standard InChI is InChI=1S/C25H30N6O3/c1-15(2)10-19(25(34)29-14-21(32)26-11-16-6-4-3-5-7-16)31-24(33)18-12-27-23-22(18)30-20(13-28-23)17-8-9-17/h3-7,12-13,15,17,19H,8-11,14H2,1-2H3,(H,26,32)(H,27,28)(H,29,34)(H,31,33). The molecule has 1 aromatic carbocycles. The molecule has 1 unspecified atom stereocenters. The van der Waals surface area contributed by atoms with Gasteiger partial charge in [0.1, 0.15) is 11.6 Å². The zero-order valence-corrected chi connectivity index (χ0v) is 19.4. The van der Waals surface area contributed by atoms with Crippen molar-refractivity contribution < 1.29 is 14.4 Å². The predicted octanol–water partition coefficient (Wildman–Crippen LogP) is 2.41. The van der Waals surface area contributed by atoms with Crippen LogP contribution in [0, 0.1) is 5.92 Å². The molecule has 0 spiro atoms. The minimum Gasteiger partial charge on any atom is -0.350 e. The van der Waals surface area contributed by atoms with Gasteiger partial charge in [0.15, 0.2) is 5.65 Å². The molecule has 34 heavy (non-hydrogen) atoms. The van der Waals surface area contributed by atoms with E-state index in [2.05, 4.69) is 30.9 Å². The summed E-state index contributed by atoms with van der Waals surface area (Å²) in [5.74, 6) is -0.530. The molecule has 4 N–H and O–H groups in total. The lowest BCUT2D eigenvalue weighted by molar-refractivity contribution is -0.127. The first-order valence-electron chi connectivity index (χ1n) is 11.6. The van der Waals surface area contributed by atoms with Crippen molar-refractivity contribution in [3.05, 3.63) is 59.5 Å². The molecule has 0 saturated heterocycles. The Morgan fingerprint density at radius 2 is 1.88 bits per heavy atom. The minimum absolute atomic E-state index is 0.159. The lowest BCUT2D eigenvalue weighted by Crippen LogP contribution is -2.49. The van der Waals surface area contributed by atoms with E-state index >= 15 is 0 Å². The Morgan fingerprint density at radius 3 is 2.59 bits per heavy atom. The van der Waals surface area contributed by atoms with E-state index in [4.69, 9.17) is 0 Å². The molecule has 1 aliphatic rings. The molecule has 1 aliphatic carbocycles. The molecule has 0 aliphatic heterocycles. The highest BCUT2D eigenvalue weighted by atomic mass is 16.2. The van der Waals surface area contributed by atoms with Gasteiger partial charge < -0.3 is 20.9 Å². The number of aromatic amines is 1. The van der Waals surface area contributed by atoms with Gasteiger partial charge in [-0.1, -0.05) is 44.2 Å². The molecule has 2 heterocycles. The highest BCUT2D eigenvalue weighted by molar-refractivity contribution is 6.06. The van der Waals surface area contributed by atoms with E-state index in [1.165, 1.54) is 0 Å². The van der Waals surface area contributed by atoms with Gasteiger partial charge in [0.2, 0.25) is 11.8 Å². The van der Waals surface area contributed by atoms with Gasteiger partial charge in [-0.15, -0.1) is 0 Å². The molecular formula is C25H30N6O3. The molecule has 3 amide bonds. The fourth-order valence-corrected chi connectivity index (χ4v) is 3.74. The summed E-state index contributed by atoms with van der Waals surface area (Å²) in [6.07, 6.45) is 5.92. The van der Waals surface area contributed by atoms with Crippen molar-refractivity contribution in [2.75, 3.05) is 6.54 Å². The topological polar surface area (TPSA) is 129 Å². The van der Waals surface area contributed by atoms with Crippen LogP contribution in [0.15, 0.2) is 42.7 Å². The zero-order chi connectivity index (χ0) is 24.1. The number of carbonyl (C=O) groups is 3. The Kier molecular flexibility index (Phi) is 7.20. The van der Waals surface area contributed by atoms with Crippen LogP contribution in [0.25, 0.3) is 11.2 Å². The lowest BCUT2D eigenvalue weighted by Gasteiger charge is -2.20. The number of aromatic nitrogens is 3. The quantitative estimate of drug-likeness (QED) is 0.368. The maximum absolute atomic E-state index is 13.1. The zero-order valence-electron chi connectivity index (χ0n) is 19.4. The molecular weight excluding hydrogens is 432 g/mol. The van der Waals surface area contributed by atoms with Crippen molar-refractivity contribution in [2.45, 2.75) is 51.6 Å². The Balaban J connectivity index is 1.37. The number of carbonyl (C=O) groups excluding carboxylic acids is 3. The minimum atomic E-state index is -0.779.